The van der Waals surface area contributed by atoms with Gasteiger partial charge in [0.05, 0.1) is 37.0 Å². The van der Waals surface area contributed by atoms with Gasteiger partial charge in [-0.25, -0.2) is 8.42 Å². The van der Waals surface area contributed by atoms with Gasteiger partial charge in [0.25, 0.3) is 0 Å². The first-order valence-corrected chi connectivity index (χ1v) is 13.1. The van der Waals surface area contributed by atoms with Crippen molar-refractivity contribution in [2.75, 3.05) is 52.5 Å². The maximum atomic E-state index is 13.1. The summed E-state index contributed by atoms with van der Waals surface area (Å²) in [6.45, 7) is 6.74. The number of furan rings is 1. The average Bonchev–Trinajstić information content (AvgIpc) is 3.37. The van der Waals surface area contributed by atoms with Crippen LogP contribution in [0, 0.1) is 5.92 Å². The van der Waals surface area contributed by atoms with Crippen LogP contribution in [0.1, 0.15) is 41.9 Å². The van der Waals surface area contributed by atoms with Crippen molar-refractivity contribution in [2.24, 2.45) is 5.92 Å². The molecule has 2 aliphatic rings. The van der Waals surface area contributed by atoms with Gasteiger partial charge in [-0.1, -0.05) is 19.1 Å². The van der Waals surface area contributed by atoms with Gasteiger partial charge in [0.1, 0.15) is 5.76 Å². The third kappa shape index (κ3) is 5.91. The maximum absolute atomic E-state index is 13.1. The van der Waals surface area contributed by atoms with Crippen molar-refractivity contribution in [3.05, 3.63) is 54.0 Å². The summed E-state index contributed by atoms with van der Waals surface area (Å²) in [5, 5.41) is 3.24. The SMILES string of the molecule is CC1CCCN(S(=O)(=O)c2cccc(C(=O)CNCC(c3ccco3)N3CCOCC3)c2)C1. The molecule has 8 nitrogen and oxygen atoms in total. The molecule has 2 aliphatic heterocycles. The third-order valence-corrected chi connectivity index (χ3v) is 8.26. The molecule has 3 heterocycles. The van der Waals surface area contributed by atoms with Crippen molar-refractivity contribution in [3.8, 4) is 0 Å². The molecule has 0 radical (unpaired) electrons. The molecule has 0 bridgehead atoms. The minimum atomic E-state index is -3.60. The number of nitrogens with one attached hydrogen (secondary N) is 1. The molecule has 2 unspecified atom stereocenters. The van der Waals surface area contributed by atoms with Gasteiger partial charge in [0.2, 0.25) is 10.0 Å². The zero-order valence-corrected chi connectivity index (χ0v) is 19.9. The number of Topliss-reactive ketones (excluding diaryl/α,β-unsaturated/α-hetero) is 1. The van der Waals surface area contributed by atoms with E-state index in [0.29, 0.717) is 44.3 Å². The molecule has 180 valence electrons. The molecule has 1 aromatic carbocycles. The second-order valence-electron chi connectivity index (χ2n) is 8.87. The van der Waals surface area contributed by atoms with Gasteiger partial charge in [0.15, 0.2) is 5.78 Å². The lowest BCUT2D eigenvalue weighted by Crippen LogP contribution is -2.43. The van der Waals surface area contributed by atoms with Crippen LogP contribution in [-0.2, 0) is 14.8 Å². The highest BCUT2D eigenvalue weighted by Gasteiger charge is 2.29. The van der Waals surface area contributed by atoms with Gasteiger partial charge >= 0.3 is 0 Å². The fourth-order valence-electron chi connectivity index (χ4n) is 4.55. The highest BCUT2D eigenvalue weighted by Crippen LogP contribution is 2.24. The molecule has 0 amide bonds. The van der Waals surface area contributed by atoms with E-state index in [2.05, 4.69) is 17.1 Å². The Kier molecular flexibility index (Phi) is 7.98. The number of nitrogens with zero attached hydrogens (tertiary/aromatic N) is 2. The number of ketones is 1. The Morgan fingerprint density at radius 3 is 2.73 bits per heavy atom. The van der Waals surface area contributed by atoms with E-state index in [4.69, 9.17) is 9.15 Å². The van der Waals surface area contributed by atoms with E-state index in [0.717, 1.165) is 31.7 Å². The van der Waals surface area contributed by atoms with E-state index in [1.54, 1.807) is 28.8 Å². The van der Waals surface area contributed by atoms with Crippen molar-refractivity contribution in [1.82, 2.24) is 14.5 Å². The molecule has 2 atom stereocenters. The molecule has 0 aliphatic carbocycles. The average molecular weight is 476 g/mol. The summed E-state index contributed by atoms with van der Waals surface area (Å²) >= 11 is 0. The van der Waals surface area contributed by atoms with Gasteiger partial charge in [-0.2, -0.15) is 4.31 Å². The molecule has 1 N–H and O–H groups in total. The lowest BCUT2D eigenvalue weighted by molar-refractivity contribution is 0.0117. The first-order chi connectivity index (χ1) is 15.9. The summed E-state index contributed by atoms with van der Waals surface area (Å²) in [4.78, 5) is 15.3. The summed E-state index contributed by atoms with van der Waals surface area (Å²) in [6.07, 6.45) is 3.56. The number of benzene rings is 1. The highest BCUT2D eigenvalue weighted by atomic mass is 32.2. The Morgan fingerprint density at radius 2 is 2.00 bits per heavy atom. The number of hydrogen-bond donors (Lipinski definition) is 1. The quantitative estimate of drug-likeness (QED) is 0.557. The number of ether oxygens (including phenoxy) is 1. The number of rotatable bonds is 9. The molecule has 2 saturated heterocycles. The van der Waals surface area contributed by atoms with Crippen LogP contribution in [0.3, 0.4) is 0 Å². The first kappa shape index (κ1) is 24.1. The molecule has 33 heavy (non-hydrogen) atoms. The van der Waals surface area contributed by atoms with Crippen LogP contribution < -0.4 is 5.32 Å². The van der Waals surface area contributed by atoms with Crippen LogP contribution in [0.4, 0.5) is 0 Å². The summed E-state index contributed by atoms with van der Waals surface area (Å²) in [6, 6.07) is 10.2. The molecule has 0 spiro atoms. The number of piperidine rings is 1. The van der Waals surface area contributed by atoms with E-state index in [1.807, 2.05) is 12.1 Å². The maximum Gasteiger partial charge on any atom is 0.243 e. The van der Waals surface area contributed by atoms with Gasteiger partial charge in [0, 0.05) is 38.3 Å². The number of sulfonamides is 1. The van der Waals surface area contributed by atoms with Gasteiger partial charge in [-0.15, -0.1) is 0 Å². The molecule has 0 saturated carbocycles. The first-order valence-electron chi connectivity index (χ1n) is 11.6. The fourth-order valence-corrected chi connectivity index (χ4v) is 6.19. The lowest BCUT2D eigenvalue weighted by atomic mass is 10.0. The van der Waals surface area contributed by atoms with Crippen molar-refractivity contribution in [2.45, 2.75) is 30.7 Å². The predicted molar refractivity (Wildman–Crippen MR) is 125 cm³/mol. The van der Waals surface area contributed by atoms with Crippen LogP contribution >= 0.6 is 0 Å². The Hall–Kier alpha value is -2.04. The molecular formula is C24H33N3O5S. The zero-order chi connectivity index (χ0) is 23.3. The summed E-state index contributed by atoms with van der Waals surface area (Å²) in [5.74, 6) is 1.05. The molecule has 4 rings (SSSR count). The molecule has 2 aromatic rings. The smallest absolute Gasteiger partial charge is 0.243 e. The normalized spacial score (nSPS) is 21.7. The number of carbonyl (C=O) groups excluding carboxylic acids is 1. The van der Waals surface area contributed by atoms with Gasteiger partial charge in [-0.3, -0.25) is 9.69 Å². The van der Waals surface area contributed by atoms with Crippen molar-refractivity contribution < 1.29 is 22.4 Å². The van der Waals surface area contributed by atoms with Gasteiger partial charge < -0.3 is 14.5 Å². The van der Waals surface area contributed by atoms with E-state index in [1.165, 1.54) is 6.07 Å². The Labute approximate surface area is 195 Å². The second-order valence-corrected chi connectivity index (χ2v) is 10.8. The highest BCUT2D eigenvalue weighted by molar-refractivity contribution is 7.89. The molecular weight excluding hydrogens is 442 g/mol. The molecule has 2 fully saturated rings. The van der Waals surface area contributed by atoms with Gasteiger partial charge in [-0.05, 0) is 43.0 Å². The summed E-state index contributed by atoms with van der Waals surface area (Å²) < 4.78 is 38.8. The minimum Gasteiger partial charge on any atom is -0.468 e. The van der Waals surface area contributed by atoms with E-state index >= 15 is 0 Å². The van der Waals surface area contributed by atoms with Crippen LogP contribution in [0.25, 0.3) is 0 Å². The Morgan fingerprint density at radius 1 is 1.18 bits per heavy atom. The van der Waals surface area contributed by atoms with Crippen molar-refractivity contribution >= 4 is 15.8 Å². The standard InChI is InChI=1S/C24H33N3O5S/c1-19-5-3-9-27(18-19)33(29,30)21-7-2-6-20(15-21)23(28)17-25-16-22(24-8-4-12-32-24)26-10-13-31-14-11-26/h2,4,6-8,12,15,19,22,25H,3,5,9-11,13-14,16-18H2,1H3. The van der Waals surface area contributed by atoms with E-state index in [9.17, 15) is 13.2 Å². The summed E-state index contributed by atoms with van der Waals surface area (Å²) in [7, 11) is -3.60. The summed E-state index contributed by atoms with van der Waals surface area (Å²) in [5.41, 5.74) is 0.398. The second kappa shape index (κ2) is 10.9. The lowest BCUT2D eigenvalue weighted by Gasteiger charge is -2.33. The van der Waals surface area contributed by atoms with E-state index in [-0.39, 0.29) is 23.3 Å². The topological polar surface area (TPSA) is 92.1 Å². The van der Waals surface area contributed by atoms with Crippen molar-refractivity contribution in [3.63, 3.8) is 0 Å². The monoisotopic (exact) mass is 475 g/mol. The minimum absolute atomic E-state index is 0.00417. The van der Waals surface area contributed by atoms with Crippen LogP contribution in [0.15, 0.2) is 52.0 Å². The van der Waals surface area contributed by atoms with E-state index < -0.39 is 10.0 Å². The number of hydrogen-bond acceptors (Lipinski definition) is 7. The van der Waals surface area contributed by atoms with Crippen LogP contribution in [-0.4, -0.2) is 75.9 Å². The Balaban J connectivity index is 1.39. The van der Waals surface area contributed by atoms with Crippen molar-refractivity contribution in [1.29, 1.82) is 0 Å². The Bertz CT molecular complexity index is 1020. The number of morpholine rings is 1. The molecule has 1 aromatic heterocycles. The predicted octanol–water partition coefficient (Wildman–Crippen LogP) is 2.55. The fraction of sp³-hybridized carbons (Fsp3) is 0.542. The zero-order valence-electron chi connectivity index (χ0n) is 19.1. The van der Waals surface area contributed by atoms with Crippen LogP contribution in [0.5, 0.6) is 0 Å². The largest absolute Gasteiger partial charge is 0.468 e. The van der Waals surface area contributed by atoms with Crippen LogP contribution in [0.2, 0.25) is 0 Å². The third-order valence-electron chi connectivity index (χ3n) is 6.39. The molecule has 9 heteroatoms. The number of carbonyl (C=O) groups is 1.